The van der Waals surface area contributed by atoms with Crippen LogP contribution in [0.3, 0.4) is 0 Å². The fourth-order valence-corrected chi connectivity index (χ4v) is 1.75. The van der Waals surface area contributed by atoms with Crippen LogP contribution >= 0.6 is 11.3 Å². The zero-order valence-corrected chi connectivity index (χ0v) is 8.55. The summed E-state index contributed by atoms with van der Waals surface area (Å²) in [7, 11) is 0. The third-order valence-corrected chi connectivity index (χ3v) is 2.69. The highest BCUT2D eigenvalue weighted by Crippen LogP contribution is 2.03. The van der Waals surface area contributed by atoms with E-state index in [-0.39, 0.29) is 0 Å². The molecule has 0 saturated heterocycles. The van der Waals surface area contributed by atoms with Gasteiger partial charge in [0, 0.05) is 42.5 Å². The molecule has 2 aromatic heterocycles. The van der Waals surface area contributed by atoms with E-state index in [9.17, 15) is 0 Å². The summed E-state index contributed by atoms with van der Waals surface area (Å²) in [6.45, 7) is 1.86. The van der Waals surface area contributed by atoms with Crippen LogP contribution in [0.4, 0.5) is 0 Å². The summed E-state index contributed by atoms with van der Waals surface area (Å²) in [5, 5.41) is 3.35. The molecule has 0 spiro atoms. The summed E-state index contributed by atoms with van der Waals surface area (Å²) in [6, 6.07) is 0. The number of hydrogen-bond acceptors (Lipinski definition) is 4. The Morgan fingerprint density at radius 1 is 1.36 bits per heavy atom. The van der Waals surface area contributed by atoms with E-state index < -0.39 is 0 Å². The molecule has 0 unspecified atom stereocenters. The molecule has 0 aliphatic rings. The highest BCUT2D eigenvalue weighted by Gasteiger charge is 1.95. The van der Waals surface area contributed by atoms with E-state index in [4.69, 9.17) is 0 Å². The maximum Gasteiger partial charge on any atom is 0.0921 e. The Labute approximate surface area is 86.4 Å². The lowest BCUT2D eigenvalue weighted by Crippen LogP contribution is -2.16. The number of aromatic amines is 1. The lowest BCUT2D eigenvalue weighted by Gasteiger charge is -2.00. The molecule has 2 heterocycles. The van der Waals surface area contributed by atoms with Crippen molar-refractivity contribution in [3.05, 3.63) is 34.8 Å². The lowest BCUT2D eigenvalue weighted by atomic mass is 10.3. The first-order valence-corrected chi connectivity index (χ1v) is 5.38. The molecule has 0 radical (unpaired) electrons. The number of thiazole rings is 1. The van der Waals surface area contributed by atoms with Crippen molar-refractivity contribution in [2.75, 3.05) is 6.54 Å². The number of aromatic nitrogens is 3. The van der Waals surface area contributed by atoms with Crippen LogP contribution in [-0.2, 0) is 13.0 Å². The Balaban J connectivity index is 1.65. The van der Waals surface area contributed by atoms with Gasteiger partial charge in [-0.15, -0.1) is 11.3 Å². The van der Waals surface area contributed by atoms with Gasteiger partial charge >= 0.3 is 0 Å². The number of hydrogen-bond donors (Lipinski definition) is 2. The van der Waals surface area contributed by atoms with Crippen LogP contribution in [0.25, 0.3) is 0 Å². The molecular formula is C9H12N4S. The third kappa shape index (κ3) is 2.65. The second kappa shape index (κ2) is 4.88. The van der Waals surface area contributed by atoms with Crippen molar-refractivity contribution in [2.45, 2.75) is 13.0 Å². The molecule has 0 bridgehead atoms. The van der Waals surface area contributed by atoms with Crippen LogP contribution in [0.5, 0.6) is 0 Å². The number of rotatable bonds is 5. The minimum Gasteiger partial charge on any atom is -0.348 e. The van der Waals surface area contributed by atoms with E-state index in [0.29, 0.717) is 0 Å². The predicted molar refractivity (Wildman–Crippen MR) is 56.1 cm³/mol. The van der Waals surface area contributed by atoms with Gasteiger partial charge in [-0.25, -0.2) is 4.98 Å². The molecule has 2 rings (SSSR count). The molecule has 0 aromatic carbocycles. The second-order valence-corrected chi connectivity index (χ2v) is 3.94. The van der Waals surface area contributed by atoms with Crippen LogP contribution in [0, 0.1) is 0 Å². The average molecular weight is 208 g/mol. The van der Waals surface area contributed by atoms with Gasteiger partial charge in [0.15, 0.2) is 0 Å². The van der Waals surface area contributed by atoms with E-state index in [2.05, 4.69) is 20.3 Å². The Hall–Kier alpha value is -1.20. The Morgan fingerprint density at radius 2 is 2.36 bits per heavy atom. The smallest absolute Gasteiger partial charge is 0.0921 e. The van der Waals surface area contributed by atoms with Crippen LogP contribution < -0.4 is 5.32 Å². The first-order chi connectivity index (χ1) is 6.95. The van der Waals surface area contributed by atoms with E-state index in [1.807, 2.05) is 17.9 Å². The van der Waals surface area contributed by atoms with Crippen LogP contribution in [0.1, 0.15) is 10.6 Å². The number of H-pyrrole nitrogens is 1. The van der Waals surface area contributed by atoms with Crippen molar-refractivity contribution < 1.29 is 0 Å². The monoisotopic (exact) mass is 208 g/mol. The van der Waals surface area contributed by atoms with E-state index >= 15 is 0 Å². The molecule has 2 aromatic rings. The number of imidazole rings is 1. The normalized spacial score (nSPS) is 10.6. The van der Waals surface area contributed by atoms with Crippen molar-refractivity contribution in [3.63, 3.8) is 0 Å². The molecule has 0 aliphatic carbocycles. The van der Waals surface area contributed by atoms with Crippen molar-refractivity contribution in [2.24, 2.45) is 0 Å². The Morgan fingerprint density at radius 3 is 3.07 bits per heavy atom. The van der Waals surface area contributed by atoms with Gasteiger partial charge in [-0.3, -0.25) is 4.98 Å². The second-order valence-electron chi connectivity index (χ2n) is 2.97. The summed E-state index contributed by atoms with van der Waals surface area (Å²) < 4.78 is 0. The van der Waals surface area contributed by atoms with Crippen molar-refractivity contribution in [1.29, 1.82) is 0 Å². The molecule has 4 nitrogen and oxygen atoms in total. The maximum absolute atomic E-state index is 4.01. The van der Waals surface area contributed by atoms with Gasteiger partial charge in [0.2, 0.25) is 0 Å². The zero-order chi connectivity index (χ0) is 9.64. The van der Waals surface area contributed by atoms with Crippen molar-refractivity contribution in [1.82, 2.24) is 20.3 Å². The minimum atomic E-state index is 0.902. The highest BCUT2D eigenvalue weighted by atomic mass is 32.1. The van der Waals surface area contributed by atoms with Gasteiger partial charge in [-0.1, -0.05) is 0 Å². The first-order valence-electron chi connectivity index (χ1n) is 4.50. The molecule has 0 aliphatic heterocycles. The first kappa shape index (κ1) is 9.36. The van der Waals surface area contributed by atoms with Crippen molar-refractivity contribution in [3.8, 4) is 0 Å². The third-order valence-electron chi connectivity index (χ3n) is 1.91. The summed E-state index contributed by atoms with van der Waals surface area (Å²) in [5.41, 5.74) is 3.02. The van der Waals surface area contributed by atoms with Crippen LogP contribution in [-0.4, -0.2) is 21.5 Å². The predicted octanol–water partition coefficient (Wildman–Crippen LogP) is 1.20. The maximum atomic E-state index is 4.01. The van der Waals surface area contributed by atoms with Crippen LogP contribution in [0.15, 0.2) is 24.2 Å². The Bertz CT molecular complexity index is 305. The molecule has 74 valence electrons. The Kier molecular flexibility index (Phi) is 3.26. The quantitative estimate of drug-likeness (QED) is 0.726. The van der Waals surface area contributed by atoms with Gasteiger partial charge in [-0.05, 0) is 0 Å². The van der Waals surface area contributed by atoms with Gasteiger partial charge in [0.1, 0.15) is 0 Å². The number of nitrogens with one attached hydrogen (secondary N) is 2. The summed E-state index contributed by atoms with van der Waals surface area (Å²) >= 11 is 1.68. The fourth-order valence-electron chi connectivity index (χ4n) is 1.19. The molecule has 5 heteroatoms. The molecule has 2 N–H and O–H groups in total. The van der Waals surface area contributed by atoms with E-state index in [0.717, 1.165) is 19.5 Å². The molecule has 14 heavy (non-hydrogen) atoms. The van der Waals surface area contributed by atoms with Gasteiger partial charge < -0.3 is 10.3 Å². The number of nitrogens with zero attached hydrogens (tertiary/aromatic N) is 2. The molecular weight excluding hydrogens is 196 g/mol. The summed E-state index contributed by atoms with van der Waals surface area (Å²) in [6.07, 6.45) is 6.44. The standard InChI is InChI=1S/C9H12N4S/c1(8-3-11-6-13-8)2-10-4-9-5-12-7-14-9/h3,5-7,10H,1-2,4H2,(H,11,13). The minimum absolute atomic E-state index is 0.902. The van der Waals surface area contributed by atoms with E-state index in [1.165, 1.54) is 10.6 Å². The molecule has 0 amide bonds. The summed E-state index contributed by atoms with van der Waals surface area (Å²) in [4.78, 5) is 12.3. The lowest BCUT2D eigenvalue weighted by molar-refractivity contribution is 0.687. The van der Waals surface area contributed by atoms with Crippen molar-refractivity contribution >= 4 is 11.3 Å². The van der Waals surface area contributed by atoms with E-state index in [1.54, 1.807) is 17.7 Å². The largest absolute Gasteiger partial charge is 0.348 e. The average Bonchev–Trinajstić information content (AvgIpc) is 2.86. The zero-order valence-electron chi connectivity index (χ0n) is 7.73. The van der Waals surface area contributed by atoms with Gasteiger partial charge in [0.05, 0.1) is 11.8 Å². The molecule has 0 fully saturated rings. The molecule has 0 atom stereocenters. The van der Waals surface area contributed by atoms with Gasteiger partial charge in [-0.2, -0.15) is 0 Å². The SMILES string of the molecule is c1ncc(CCNCc2cncs2)[nH]1. The topological polar surface area (TPSA) is 53.6 Å². The van der Waals surface area contributed by atoms with Gasteiger partial charge in [0.25, 0.3) is 0 Å². The van der Waals surface area contributed by atoms with Crippen LogP contribution in [0.2, 0.25) is 0 Å². The highest BCUT2D eigenvalue weighted by molar-refractivity contribution is 7.09. The fraction of sp³-hybridized carbons (Fsp3) is 0.333. The molecule has 0 saturated carbocycles. The summed E-state index contributed by atoms with van der Waals surface area (Å²) in [5.74, 6) is 0.